The van der Waals surface area contributed by atoms with Gasteiger partial charge in [-0.1, -0.05) is 30.4 Å². The predicted molar refractivity (Wildman–Crippen MR) is 104 cm³/mol. The fourth-order valence-corrected chi connectivity index (χ4v) is 3.92. The summed E-state index contributed by atoms with van der Waals surface area (Å²) in [4.78, 5) is 30.4. The maximum Gasteiger partial charge on any atom is 0.236 e. The second-order valence-electron chi connectivity index (χ2n) is 6.54. The molecule has 2 amide bonds. The molecule has 2 saturated heterocycles. The fraction of sp³-hybridized carbons (Fsp3) is 0.333. The molecule has 2 fully saturated rings. The molecule has 1 aromatic carbocycles. The summed E-state index contributed by atoms with van der Waals surface area (Å²) < 4.78 is 5.61. The van der Waals surface area contributed by atoms with E-state index in [9.17, 15) is 9.59 Å². The highest BCUT2D eigenvalue weighted by Gasteiger charge is 2.60. The first-order valence-corrected chi connectivity index (χ1v) is 9.07. The Labute approximate surface area is 161 Å². The average Bonchev–Trinajstić information content (AvgIpc) is 3.32. The van der Waals surface area contributed by atoms with Crippen LogP contribution in [-0.4, -0.2) is 53.1 Å². The van der Waals surface area contributed by atoms with Crippen LogP contribution < -0.4 is 16.4 Å². The number of nitrogens with zero attached hydrogens (tertiary/aromatic N) is 2. The number of anilines is 1. The molecule has 0 spiro atoms. The number of likely N-dealkylation sites (tertiary alicyclic amines) is 1. The average molecular weight is 385 g/mol. The van der Waals surface area contributed by atoms with Gasteiger partial charge in [0.2, 0.25) is 11.8 Å². The highest BCUT2D eigenvalue weighted by atomic mass is 32.1. The standard InChI is InChI=1S/C18H19N5O3S/c19-17(22-18(27)21-10-4-2-1-3-5-10)20-8-9-23-15(24)13-11-6-7-12(26-11)14(13)16(23)25/h1-7,11-14H,8-9H2,(H4,19,20,21,22,27). The number of rotatable bonds is 4. The van der Waals surface area contributed by atoms with Crippen molar-refractivity contribution in [3.63, 3.8) is 0 Å². The van der Waals surface area contributed by atoms with Gasteiger partial charge in [0.25, 0.3) is 0 Å². The van der Waals surface area contributed by atoms with Gasteiger partial charge in [0.1, 0.15) is 0 Å². The van der Waals surface area contributed by atoms with Crippen LogP contribution in [0, 0.1) is 11.8 Å². The molecule has 140 valence electrons. The van der Waals surface area contributed by atoms with Crippen LogP contribution in [0.2, 0.25) is 0 Å². The number of thiocarbonyl (C=S) groups is 1. The van der Waals surface area contributed by atoms with Gasteiger partial charge in [-0.25, -0.2) is 0 Å². The highest BCUT2D eigenvalue weighted by Crippen LogP contribution is 2.44. The van der Waals surface area contributed by atoms with Crippen molar-refractivity contribution in [1.82, 2.24) is 10.2 Å². The summed E-state index contributed by atoms with van der Waals surface area (Å²) >= 11 is 5.17. The van der Waals surface area contributed by atoms with Crippen molar-refractivity contribution in [2.75, 3.05) is 18.4 Å². The Kier molecular flexibility index (Phi) is 4.63. The lowest BCUT2D eigenvalue weighted by atomic mass is 9.85. The lowest BCUT2D eigenvalue weighted by molar-refractivity contribution is -0.142. The highest BCUT2D eigenvalue weighted by molar-refractivity contribution is 7.80. The summed E-state index contributed by atoms with van der Waals surface area (Å²) in [5.74, 6) is -1.05. The second-order valence-corrected chi connectivity index (χ2v) is 6.95. The van der Waals surface area contributed by atoms with Crippen LogP contribution in [0.3, 0.4) is 0 Å². The quantitative estimate of drug-likeness (QED) is 0.224. The molecule has 0 aliphatic carbocycles. The fourth-order valence-electron chi connectivity index (χ4n) is 3.70. The SMILES string of the molecule is NC(=NCCN1C(=O)C2C3C=CC(O3)C2C1=O)NC(=S)Nc1ccccc1. The zero-order valence-corrected chi connectivity index (χ0v) is 15.2. The van der Waals surface area contributed by atoms with E-state index in [1.807, 2.05) is 42.5 Å². The molecule has 4 unspecified atom stereocenters. The molecule has 9 heteroatoms. The number of imide groups is 1. The second kappa shape index (κ2) is 7.09. The maximum absolute atomic E-state index is 12.5. The van der Waals surface area contributed by atoms with Crippen molar-refractivity contribution in [2.45, 2.75) is 12.2 Å². The number of para-hydroxylation sites is 1. The first-order chi connectivity index (χ1) is 13.0. The third-order valence-corrected chi connectivity index (χ3v) is 5.09. The van der Waals surface area contributed by atoms with Crippen molar-refractivity contribution in [1.29, 1.82) is 0 Å². The van der Waals surface area contributed by atoms with Gasteiger partial charge in [-0.15, -0.1) is 0 Å². The largest absolute Gasteiger partial charge is 0.370 e. The summed E-state index contributed by atoms with van der Waals surface area (Å²) in [5, 5.41) is 6.06. The minimum absolute atomic E-state index is 0.118. The van der Waals surface area contributed by atoms with E-state index < -0.39 is 11.8 Å². The predicted octanol–water partition coefficient (Wildman–Crippen LogP) is 0.226. The molecule has 3 aliphatic rings. The van der Waals surface area contributed by atoms with Gasteiger partial charge in [0, 0.05) is 12.2 Å². The number of carbonyl (C=O) groups is 2. The number of benzene rings is 1. The van der Waals surface area contributed by atoms with Crippen LogP contribution >= 0.6 is 12.2 Å². The van der Waals surface area contributed by atoms with Crippen molar-refractivity contribution in [3.05, 3.63) is 42.5 Å². The number of hydrogen-bond acceptors (Lipinski definition) is 5. The first kappa shape index (κ1) is 17.6. The van der Waals surface area contributed by atoms with Crippen molar-refractivity contribution < 1.29 is 14.3 Å². The molecule has 4 atom stereocenters. The molecular weight excluding hydrogens is 366 g/mol. The summed E-state index contributed by atoms with van der Waals surface area (Å²) in [6, 6.07) is 9.41. The summed E-state index contributed by atoms with van der Waals surface area (Å²) in [7, 11) is 0. The maximum atomic E-state index is 12.5. The Morgan fingerprint density at radius 3 is 2.41 bits per heavy atom. The third-order valence-electron chi connectivity index (χ3n) is 4.88. The molecule has 3 heterocycles. The number of aliphatic imine (C=N–C) groups is 1. The van der Waals surface area contributed by atoms with E-state index in [2.05, 4.69) is 15.6 Å². The summed E-state index contributed by atoms with van der Waals surface area (Å²) in [6.07, 6.45) is 3.17. The smallest absolute Gasteiger partial charge is 0.236 e. The number of nitrogens with one attached hydrogen (secondary N) is 2. The molecular formula is C18H19N5O3S. The Morgan fingerprint density at radius 2 is 1.78 bits per heavy atom. The van der Waals surface area contributed by atoms with E-state index in [4.69, 9.17) is 22.7 Å². The summed E-state index contributed by atoms with van der Waals surface area (Å²) in [6.45, 7) is 0.388. The lowest BCUT2D eigenvalue weighted by Gasteiger charge is -2.16. The van der Waals surface area contributed by atoms with Crippen LogP contribution in [-0.2, 0) is 14.3 Å². The molecule has 8 nitrogen and oxygen atoms in total. The number of nitrogens with two attached hydrogens (primary N) is 1. The molecule has 3 aliphatic heterocycles. The number of ether oxygens (including phenoxy) is 1. The third kappa shape index (κ3) is 3.31. The van der Waals surface area contributed by atoms with Gasteiger partial charge in [-0.3, -0.25) is 19.5 Å². The molecule has 0 aromatic heterocycles. The number of carbonyl (C=O) groups excluding carboxylic acids is 2. The van der Waals surface area contributed by atoms with Crippen LogP contribution in [0.1, 0.15) is 0 Å². The van der Waals surface area contributed by atoms with Crippen LogP contribution in [0.4, 0.5) is 5.69 Å². The molecule has 0 saturated carbocycles. The van der Waals surface area contributed by atoms with E-state index in [0.717, 1.165) is 5.69 Å². The van der Waals surface area contributed by atoms with E-state index in [1.165, 1.54) is 4.90 Å². The summed E-state index contributed by atoms with van der Waals surface area (Å²) in [5.41, 5.74) is 6.65. The molecule has 27 heavy (non-hydrogen) atoms. The molecule has 4 N–H and O–H groups in total. The minimum Gasteiger partial charge on any atom is -0.370 e. The zero-order valence-electron chi connectivity index (χ0n) is 14.4. The van der Waals surface area contributed by atoms with Gasteiger partial charge >= 0.3 is 0 Å². The number of guanidine groups is 1. The normalized spacial score (nSPS) is 28.6. The number of amides is 2. The van der Waals surface area contributed by atoms with Crippen molar-refractivity contribution in [3.8, 4) is 0 Å². The number of hydrogen-bond donors (Lipinski definition) is 3. The van der Waals surface area contributed by atoms with Crippen LogP contribution in [0.5, 0.6) is 0 Å². The van der Waals surface area contributed by atoms with Gasteiger partial charge in [0.15, 0.2) is 11.1 Å². The van der Waals surface area contributed by atoms with E-state index in [0.29, 0.717) is 5.11 Å². The molecule has 4 rings (SSSR count). The van der Waals surface area contributed by atoms with Crippen LogP contribution in [0.15, 0.2) is 47.5 Å². The Balaban J connectivity index is 1.28. The van der Waals surface area contributed by atoms with E-state index in [-0.39, 0.29) is 43.1 Å². The van der Waals surface area contributed by atoms with Gasteiger partial charge in [-0.2, -0.15) is 0 Å². The minimum atomic E-state index is -0.394. The van der Waals surface area contributed by atoms with Gasteiger partial charge < -0.3 is 21.1 Å². The zero-order chi connectivity index (χ0) is 19.0. The Hall–Kier alpha value is -2.78. The Bertz CT molecular complexity index is 811. The van der Waals surface area contributed by atoms with Crippen molar-refractivity contribution in [2.24, 2.45) is 22.6 Å². The monoisotopic (exact) mass is 385 g/mol. The van der Waals surface area contributed by atoms with Crippen LogP contribution in [0.25, 0.3) is 0 Å². The Morgan fingerprint density at radius 1 is 1.15 bits per heavy atom. The van der Waals surface area contributed by atoms with Gasteiger partial charge in [-0.05, 0) is 24.4 Å². The number of fused-ring (bicyclic) bond motifs is 5. The van der Waals surface area contributed by atoms with E-state index >= 15 is 0 Å². The topological polar surface area (TPSA) is 109 Å². The molecule has 0 radical (unpaired) electrons. The molecule has 1 aromatic rings. The lowest BCUT2D eigenvalue weighted by Crippen LogP contribution is -2.40. The van der Waals surface area contributed by atoms with E-state index in [1.54, 1.807) is 0 Å². The van der Waals surface area contributed by atoms with Crippen molar-refractivity contribution >= 4 is 40.8 Å². The van der Waals surface area contributed by atoms with Gasteiger partial charge in [0.05, 0.1) is 30.6 Å². The molecule has 2 bridgehead atoms. The first-order valence-electron chi connectivity index (χ1n) is 8.66.